The predicted molar refractivity (Wildman–Crippen MR) is 80.4 cm³/mol. The minimum Gasteiger partial charge on any atom is -0.506 e. The Morgan fingerprint density at radius 1 is 1.29 bits per heavy atom. The minimum absolute atomic E-state index is 0.127. The van der Waals surface area contributed by atoms with Crippen LogP contribution < -0.4 is 5.32 Å². The Balaban J connectivity index is 2.16. The molecule has 1 aromatic heterocycles. The topological polar surface area (TPSA) is 71.5 Å². The summed E-state index contributed by atoms with van der Waals surface area (Å²) in [7, 11) is 0. The van der Waals surface area contributed by atoms with Gasteiger partial charge in [0, 0.05) is 11.4 Å². The normalized spacial score (nSPS) is 10.2. The Hall–Kier alpha value is -2.56. The molecule has 0 saturated heterocycles. The first kappa shape index (κ1) is 14.8. The van der Waals surface area contributed by atoms with E-state index in [9.17, 15) is 9.90 Å². The second-order valence-electron chi connectivity index (χ2n) is 4.54. The maximum absolute atomic E-state index is 11.9. The van der Waals surface area contributed by atoms with Gasteiger partial charge in [-0.3, -0.25) is 4.98 Å². The van der Waals surface area contributed by atoms with Crippen molar-refractivity contribution < 1.29 is 14.6 Å². The lowest BCUT2D eigenvalue weighted by atomic mass is 10.1. The Bertz CT molecular complexity index is 641. The highest BCUT2D eigenvalue weighted by Crippen LogP contribution is 2.20. The van der Waals surface area contributed by atoms with E-state index < -0.39 is 0 Å². The fourth-order valence-electron chi connectivity index (χ4n) is 1.94. The summed E-state index contributed by atoms with van der Waals surface area (Å²) < 4.78 is 5.02. The minimum atomic E-state index is -0.373. The van der Waals surface area contributed by atoms with Crippen LogP contribution >= 0.6 is 0 Å². The third-order valence-corrected chi connectivity index (χ3v) is 2.96. The van der Waals surface area contributed by atoms with Gasteiger partial charge >= 0.3 is 5.97 Å². The third kappa shape index (κ3) is 3.72. The zero-order chi connectivity index (χ0) is 15.2. The number of ether oxygens (including phenoxy) is 1. The van der Waals surface area contributed by atoms with Crippen LogP contribution in [0, 0.1) is 6.92 Å². The van der Waals surface area contributed by atoms with Gasteiger partial charge in [-0.05, 0) is 38.1 Å². The number of aromatic hydroxyl groups is 1. The predicted octanol–water partition coefficient (Wildman–Crippen LogP) is 2.88. The van der Waals surface area contributed by atoms with Crippen molar-refractivity contribution in [3.63, 3.8) is 0 Å². The summed E-state index contributed by atoms with van der Waals surface area (Å²) in [5.41, 5.74) is 2.47. The molecule has 0 aliphatic rings. The van der Waals surface area contributed by atoms with Crippen LogP contribution in [-0.4, -0.2) is 22.7 Å². The summed E-state index contributed by atoms with van der Waals surface area (Å²) in [5.74, 6) is -0.247. The number of hydrogen-bond donors (Lipinski definition) is 2. The van der Waals surface area contributed by atoms with Crippen molar-refractivity contribution in [3.05, 3.63) is 53.3 Å². The Kier molecular flexibility index (Phi) is 4.77. The smallest absolute Gasteiger partial charge is 0.340 e. The summed E-state index contributed by atoms with van der Waals surface area (Å²) in [5, 5.41) is 12.9. The SMILES string of the molecule is CCOC(=O)c1ccccc1NCc1nc(C)ccc1O. The molecule has 1 aromatic carbocycles. The molecule has 0 amide bonds. The highest BCUT2D eigenvalue weighted by molar-refractivity contribution is 5.95. The summed E-state index contributed by atoms with van der Waals surface area (Å²) in [6.45, 7) is 4.27. The molecule has 0 fully saturated rings. The second kappa shape index (κ2) is 6.74. The van der Waals surface area contributed by atoms with Crippen LogP contribution in [0.15, 0.2) is 36.4 Å². The molecule has 0 bridgehead atoms. The Morgan fingerprint density at radius 2 is 2.05 bits per heavy atom. The summed E-state index contributed by atoms with van der Waals surface area (Å²) >= 11 is 0. The number of carbonyl (C=O) groups excluding carboxylic acids is 1. The fourth-order valence-corrected chi connectivity index (χ4v) is 1.94. The summed E-state index contributed by atoms with van der Waals surface area (Å²) in [4.78, 5) is 16.1. The highest BCUT2D eigenvalue weighted by atomic mass is 16.5. The number of aromatic nitrogens is 1. The molecule has 5 nitrogen and oxygen atoms in total. The average Bonchev–Trinajstić information content (AvgIpc) is 2.49. The van der Waals surface area contributed by atoms with E-state index in [-0.39, 0.29) is 11.7 Å². The van der Waals surface area contributed by atoms with Gasteiger partial charge in [0.15, 0.2) is 0 Å². The van der Waals surface area contributed by atoms with E-state index >= 15 is 0 Å². The standard InChI is InChI=1S/C16H18N2O3/c1-3-21-16(20)12-6-4-5-7-13(12)17-10-14-15(19)9-8-11(2)18-14/h4-9,17,19H,3,10H2,1-2H3. The van der Waals surface area contributed by atoms with Crippen molar-refractivity contribution in [2.45, 2.75) is 20.4 Å². The monoisotopic (exact) mass is 286 g/mol. The lowest BCUT2D eigenvalue weighted by Crippen LogP contribution is -2.10. The molecule has 5 heteroatoms. The molecular formula is C16H18N2O3. The zero-order valence-electron chi connectivity index (χ0n) is 12.1. The number of hydrogen-bond acceptors (Lipinski definition) is 5. The number of rotatable bonds is 5. The molecule has 0 unspecified atom stereocenters. The average molecular weight is 286 g/mol. The molecule has 1 heterocycles. The van der Waals surface area contributed by atoms with Gasteiger partial charge in [0.2, 0.25) is 0 Å². The van der Waals surface area contributed by atoms with Gasteiger partial charge in [-0.1, -0.05) is 12.1 Å². The molecule has 21 heavy (non-hydrogen) atoms. The number of benzene rings is 1. The number of nitrogens with one attached hydrogen (secondary N) is 1. The summed E-state index contributed by atoms with van der Waals surface area (Å²) in [6.07, 6.45) is 0. The van der Waals surface area contributed by atoms with Crippen LogP contribution in [0.2, 0.25) is 0 Å². The van der Waals surface area contributed by atoms with Crippen molar-refractivity contribution in [2.75, 3.05) is 11.9 Å². The number of carbonyl (C=O) groups is 1. The molecule has 0 aliphatic heterocycles. The van der Waals surface area contributed by atoms with Gasteiger partial charge in [0.1, 0.15) is 11.4 Å². The highest BCUT2D eigenvalue weighted by Gasteiger charge is 2.12. The third-order valence-electron chi connectivity index (χ3n) is 2.96. The maximum Gasteiger partial charge on any atom is 0.340 e. The van der Waals surface area contributed by atoms with Crippen LogP contribution in [0.3, 0.4) is 0 Å². The van der Waals surface area contributed by atoms with Crippen molar-refractivity contribution in [1.82, 2.24) is 4.98 Å². The molecule has 0 atom stereocenters. The molecule has 0 saturated carbocycles. The van der Waals surface area contributed by atoms with E-state index in [1.807, 2.05) is 13.0 Å². The molecule has 110 valence electrons. The maximum atomic E-state index is 11.9. The van der Waals surface area contributed by atoms with Gasteiger partial charge in [0.25, 0.3) is 0 Å². The van der Waals surface area contributed by atoms with Crippen molar-refractivity contribution in [1.29, 1.82) is 0 Å². The van der Waals surface area contributed by atoms with E-state index in [2.05, 4.69) is 10.3 Å². The van der Waals surface area contributed by atoms with E-state index in [4.69, 9.17) is 4.74 Å². The zero-order valence-corrected chi connectivity index (χ0v) is 12.1. The molecule has 0 spiro atoms. The molecular weight excluding hydrogens is 268 g/mol. The first-order valence-electron chi connectivity index (χ1n) is 6.77. The quantitative estimate of drug-likeness (QED) is 0.827. The molecule has 0 radical (unpaired) electrons. The number of esters is 1. The lowest BCUT2D eigenvalue weighted by molar-refractivity contribution is 0.0527. The number of aryl methyl sites for hydroxylation is 1. The van der Waals surface area contributed by atoms with Crippen LogP contribution in [0.5, 0.6) is 5.75 Å². The number of pyridine rings is 1. The largest absolute Gasteiger partial charge is 0.506 e. The van der Waals surface area contributed by atoms with Gasteiger partial charge < -0.3 is 15.2 Å². The van der Waals surface area contributed by atoms with Crippen LogP contribution in [0.1, 0.15) is 28.7 Å². The Labute approximate surface area is 123 Å². The summed E-state index contributed by atoms with van der Waals surface area (Å²) in [6, 6.07) is 10.4. The number of nitrogens with zero attached hydrogens (tertiary/aromatic N) is 1. The van der Waals surface area contributed by atoms with Crippen molar-refractivity contribution in [2.24, 2.45) is 0 Å². The van der Waals surface area contributed by atoms with E-state index in [1.54, 1.807) is 37.3 Å². The fraction of sp³-hybridized carbons (Fsp3) is 0.250. The lowest BCUT2D eigenvalue weighted by Gasteiger charge is -2.12. The Morgan fingerprint density at radius 3 is 2.81 bits per heavy atom. The molecule has 2 N–H and O–H groups in total. The van der Waals surface area contributed by atoms with Gasteiger partial charge in [-0.25, -0.2) is 4.79 Å². The van der Waals surface area contributed by atoms with E-state index in [0.717, 1.165) is 5.69 Å². The number of anilines is 1. The second-order valence-corrected chi connectivity index (χ2v) is 4.54. The molecule has 2 rings (SSSR count). The van der Waals surface area contributed by atoms with Crippen molar-refractivity contribution in [3.8, 4) is 5.75 Å². The van der Waals surface area contributed by atoms with Gasteiger partial charge in [-0.2, -0.15) is 0 Å². The van der Waals surface area contributed by atoms with Gasteiger partial charge in [0.05, 0.1) is 18.7 Å². The van der Waals surface area contributed by atoms with E-state index in [0.29, 0.717) is 30.1 Å². The van der Waals surface area contributed by atoms with Crippen molar-refractivity contribution >= 4 is 11.7 Å². The van der Waals surface area contributed by atoms with Crippen LogP contribution in [0.25, 0.3) is 0 Å². The first-order chi connectivity index (χ1) is 10.1. The number of para-hydroxylation sites is 1. The molecule has 2 aromatic rings. The van der Waals surface area contributed by atoms with Gasteiger partial charge in [-0.15, -0.1) is 0 Å². The molecule has 0 aliphatic carbocycles. The first-order valence-corrected chi connectivity index (χ1v) is 6.77. The van der Waals surface area contributed by atoms with E-state index in [1.165, 1.54) is 0 Å². The van der Waals surface area contributed by atoms with Crippen LogP contribution in [0.4, 0.5) is 5.69 Å². The van der Waals surface area contributed by atoms with Crippen LogP contribution in [-0.2, 0) is 11.3 Å².